The maximum atomic E-state index is 12.0. The molecule has 1 aliphatic rings. The molecule has 104 valence electrons. The minimum Gasteiger partial charge on any atom is -0.497 e. The molecule has 0 unspecified atom stereocenters. The maximum Gasteiger partial charge on any atom is 0.260 e. The van der Waals surface area contributed by atoms with Crippen LogP contribution in [0.5, 0.6) is 11.5 Å². The van der Waals surface area contributed by atoms with Crippen LogP contribution >= 0.6 is 0 Å². The van der Waals surface area contributed by atoms with Gasteiger partial charge in [0.2, 0.25) is 0 Å². The first-order valence-electron chi connectivity index (χ1n) is 6.84. The highest BCUT2D eigenvalue weighted by Gasteiger charge is 2.15. The number of ether oxygens (including phenoxy) is 2. The molecule has 19 heavy (non-hydrogen) atoms. The van der Waals surface area contributed by atoms with Gasteiger partial charge in [-0.25, -0.2) is 0 Å². The zero-order chi connectivity index (χ0) is 13.5. The van der Waals surface area contributed by atoms with Gasteiger partial charge in [0.1, 0.15) is 11.5 Å². The highest BCUT2D eigenvalue weighted by Crippen LogP contribution is 2.19. The summed E-state index contributed by atoms with van der Waals surface area (Å²) in [4.78, 5) is 14.0. The summed E-state index contributed by atoms with van der Waals surface area (Å²) in [6.07, 6.45) is 4.65. The average molecular weight is 263 g/mol. The molecule has 0 saturated carbocycles. The number of hydrogen-bond donors (Lipinski definition) is 0. The van der Waals surface area contributed by atoms with Crippen molar-refractivity contribution in [1.29, 1.82) is 0 Å². The van der Waals surface area contributed by atoms with Gasteiger partial charge in [0.25, 0.3) is 5.91 Å². The largest absolute Gasteiger partial charge is 0.497 e. The molecule has 0 atom stereocenters. The summed E-state index contributed by atoms with van der Waals surface area (Å²) in [5.74, 6) is 1.48. The van der Waals surface area contributed by atoms with Gasteiger partial charge in [-0.1, -0.05) is 18.9 Å². The lowest BCUT2D eigenvalue weighted by Gasteiger charge is -2.20. The number of likely N-dealkylation sites (tertiary alicyclic amines) is 1. The normalized spacial score (nSPS) is 15.7. The van der Waals surface area contributed by atoms with Crippen molar-refractivity contribution in [3.05, 3.63) is 24.3 Å². The fourth-order valence-electron chi connectivity index (χ4n) is 2.25. The van der Waals surface area contributed by atoms with Gasteiger partial charge in [-0.3, -0.25) is 4.79 Å². The van der Waals surface area contributed by atoms with Crippen molar-refractivity contribution in [2.24, 2.45) is 0 Å². The van der Waals surface area contributed by atoms with Crippen molar-refractivity contribution in [2.75, 3.05) is 26.8 Å². The van der Waals surface area contributed by atoms with Gasteiger partial charge in [0.05, 0.1) is 7.11 Å². The molecule has 1 saturated heterocycles. The van der Waals surface area contributed by atoms with Crippen LogP contribution in [0.4, 0.5) is 0 Å². The SMILES string of the molecule is COc1cccc(OCC(=O)N2CCCCCC2)c1. The van der Waals surface area contributed by atoms with E-state index < -0.39 is 0 Å². The standard InChI is InChI=1S/C15H21NO3/c1-18-13-7-6-8-14(11-13)19-12-15(17)16-9-4-2-3-5-10-16/h6-8,11H,2-5,9-10,12H2,1H3. The number of nitrogens with zero attached hydrogens (tertiary/aromatic N) is 1. The smallest absolute Gasteiger partial charge is 0.260 e. The van der Waals surface area contributed by atoms with Crippen molar-refractivity contribution in [2.45, 2.75) is 25.7 Å². The van der Waals surface area contributed by atoms with Crippen LogP contribution in [0.15, 0.2) is 24.3 Å². The molecular weight excluding hydrogens is 242 g/mol. The second-order valence-electron chi connectivity index (χ2n) is 4.76. The van der Waals surface area contributed by atoms with Crippen molar-refractivity contribution >= 4 is 5.91 Å². The molecule has 4 heteroatoms. The van der Waals surface area contributed by atoms with Crippen molar-refractivity contribution in [3.8, 4) is 11.5 Å². The average Bonchev–Trinajstić information content (AvgIpc) is 2.74. The Kier molecular flexibility index (Phi) is 5.07. The Labute approximate surface area is 114 Å². The molecule has 1 heterocycles. The van der Waals surface area contributed by atoms with Gasteiger partial charge in [-0.15, -0.1) is 0 Å². The number of amides is 1. The van der Waals surface area contributed by atoms with E-state index in [1.54, 1.807) is 13.2 Å². The summed E-state index contributed by atoms with van der Waals surface area (Å²) in [6.45, 7) is 1.83. The summed E-state index contributed by atoms with van der Waals surface area (Å²) in [6, 6.07) is 7.32. The van der Waals surface area contributed by atoms with E-state index in [1.807, 2.05) is 23.1 Å². The molecule has 0 aromatic heterocycles. The third-order valence-electron chi connectivity index (χ3n) is 3.36. The predicted molar refractivity (Wildman–Crippen MR) is 73.5 cm³/mol. The number of benzene rings is 1. The lowest BCUT2D eigenvalue weighted by Crippen LogP contribution is -2.35. The number of hydrogen-bond acceptors (Lipinski definition) is 3. The van der Waals surface area contributed by atoms with E-state index in [2.05, 4.69) is 0 Å². The molecule has 0 N–H and O–H groups in total. The molecule has 0 radical (unpaired) electrons. The van der Waals surface area contributed by atoms with Gasteiger partial charge in [0, 0.05) is 19.2 Å². The van der Waals surface area contributed by atoms with Crippen molar-refractivity contribution < 1.29 is 14.3 Å². The molecule has 0 bridgehead atoms. The van der Waals surface area contributed by atoms with E-state index in [-0.39, 0.29) is 12.5 Å². The van der Waals surface area contributed by atoms with Crippen LogP contribution in [-0.2, 0) is 4.79 Å². The molecule has 1 fully saturated rings. The Morgan fingerprint density at radius 3 is 2.53 bits per heavy atom. The van der Waals surface area contributed by atoms with Crippen LogP contribution < -0.4 is 9.47 Å². The number of carbonyl (C=O) groups excluding carboxylic acids is 1. The Morgan fingerprint density at radius 1 is 1.16 bits per heavy atom. The number of methoxy groups -OCH3 is 1. The van der Waals surface area contributed by atoms with Crippen LogP contribution in [0.1, 0.15) is 25.7 Å². The molecule has 1 amide bonds. The molecule has 4 nitrogen and oxygen atoms in total. The second-order valence-corrected chi connectivity index (χ2v) is 4.76. The van der Waals surface area contributed by atoms with Gasteiger partial charge >= 0.3 is 0 Å². The van der Waals surface area contributed by atoms with Crippen molar-refractivity contribution in [1.82, 2.24) is 4.90 Å². The van der Waals surface area contributed by atoms with E-state index >= 15 is 0 Å². The zero-order valence-electron chi connectivity index (χ0n) is 11.4. The molecule has 1 aromatic rings. The number of rotatable bonds is 4. The summed E-state index contributed by atoms with van der Waals surface area (Å²) in [5.41, 5.74) is 0. The third-order valence-corrected chi connectivity index (χ3v) is 3.36. The lowest BCUT2D eigenvalue weighted by molar-refractivity contribution is -0.133. The summed E-state index contributed by atoms with van der Waals surface area (Å²) >= 11 is 0. The highest BCUT2D eigenvalue weighted by molar-refractivity contribution is 5.77. The van der Waals surface area contributed by atoms with Gasteiger partial charge in [-0.05, 0) is 25.0 Å². The molecule has 1 aromatic carbocycles. The Bertz CT molecular complexity index is 412. The van der Waals surface area contributed by atoms with Crippen LogP contribution in [-0.4, -0.2) is 37.6 Å². The molecular formula is C15H21NO3. The maximum absolute atomic E-state index is 12.0. The first kappa shape index (κ1) is 13.7. The van der Waals surface area contributed by atoms with Gasteiger partial charge < -0.3 is 14.4 Å². The van der Waals surface area contributed by atoms with Gasteiger partial charge in [0.15, 0.2) is 6.61 Å². The fourth-order valence-corrected chi connectivity index (χ4v) is 2.25. The van der Waals surface area contributed by atoms with E-state index in [9.17, 15) is 4.79 Å². The molecule has 1 aliphatic heterocycles. The second kappa shape index (κ2) is 7.02. The van der Waals surface area contributed by atoms with Crippen LogP contribution in [0.2, 0.25) is 0 Å². The Hall–Kier alpha value is -1.71. The topological polar surface area (TPSA) is 38.8 Å². The Morgan fingerprint density at radius 2 is 1.84 bits per heavy atom. The minimum atomic E-state index is 0.0738. The number of carbonyl (C=O) groups is 1. The summed E-state index contributed by atoms with van der Waals surface area (Å²) in [7, 11) is 1.61. The van der Waals surface area contributed by atoms with E-state index in [1.165, 1.54) is 12.8 Å². The van der Waals surface area contributed by atoms with Gasteiger partial charge in [-0.2, -0.15) is 0 Å². The highest BCUT2D eigenvalue weighted by atomic mass is 16.5. The monoisotopic (exact) mass is 263 g/mol. The summed E-state index contributed by atoms with van der Waals surface area (Å²) < 4.78 is 10.7. The van der Waals surface area contributed by atoms with Crippen LogP contribution in [0, 0.1) is 0 Å². The van der Waals surface area contributed by atoms with Crippen LogP contribution in [0.25, 0.3) is 0 Å². The van der Waals surface area contributed by atoms with E-state index in [0.29, 0.717) is 5.75 Å². The molecule has 2 rings (SSSR count). The lowest BCUT2D eigenvalue weighted by atomic mass is 10.2. The third kappa shape index (κ3) is 4.16. The molecule has 0 spiro atoms. The quantitative estimate of drug-likeness (QED) is 0.837. The Balaban J connectivity index is 1.84. The van der Waals surface area contributed by atoms with Crippen LogP contribution in [0.3, 0.4) is 0 Å². The molecule has 0 aliphatic carbocycles. The van der Waals surface area contributed by atoms with Crippen molar-refractivity contribution in [3.63, 3.8) is 0 Å². The fraction of sp³-hybridized carbons (Fsp3) is 0.533. The minimum absolute atomic E-state index is 0.0738. The van der Waals surface area contributed by atoms with E-state index in [4.69, 9.17) is 9.47 Å². The summed E-state index contributed by atoms with van der Waals surface area (Å²) in [5, 5.41) is 0. The first-order chi connectivity index (χ1) is 9.29. The zero-order valence-corrected chi connectivity index (χ0v) is 11.4. The first-order valence-corrected chi connectivity index (χ1v) is 6.84. The van der Waals surface area contributed by atoms with E-state index in [0.717, 1.165) is 31.7 Å². The predicted octanol–water partition coefficient (Wildman–Crippen LogP) is 2.48.